The fourth-order valence-corrected chi connectivity index (χ4v) is 3.51. The van der Waals surface area contributed by atoms with Crippen LogP contribution in [0, 0.1) is 18.6 Å². The Kier molecular flexibility index (Phi) is 5.30. The van der Waals surface area contributed by atoms with Crippen LogP contribution in [0.2, 0.25) is 0 Å². The lowest BCUT2D eigenvalue weighted by atomic mass is 9.96. The number of aromatic nitrogens is 2. The molecule has 1 N–H and O–H groups in total. The van der Waals surface area contributed by atoms with Crippen LogP contribution < -0.4 is 4.74 Å². The van der Waals surface area contributed by atoms with E-state index < -0.39 is 11.6 Å². The number of nitrogens with zero attached hydrogens (tertiary/aromatic N) is 1. The minimum absolute atomic E-state index is 0.0247. The molecule has 0 bridgehead atoms. The summed E-state index contributed by atoms with van der Waals surface area (Å²) in [6, 6.07) is 17.2. The second-order valence-electron chi connectivity index (χ2n) is 7.20. The van der Waals surface area contributed by atoms with E-state index in [1.54, 1.807) is 0 Å². The van der Waals surface area contributed by atoms with Gasteiger partial charge < -0.3 is 9.72 Å². The zero-order valence-electron chi connectivity index (χ0n) is 16.4. The first-order chi connectivity index (χ1) is 14.0. The molecule has 29 heavy (non-hydrogen) atoms. The van der Waals surface area contributed by atoms with Crippen molar-refractivity contribution in [3.8, 4) is 5.75 Å². The first-order valence-electron chi connectivity index (χ1n) is 9.66. The molecule has 3 aromatic carbocycles. The third-order valence-electron chi connectivity index (χ3n) is 5.08. The molecule has 0 saturated heterocycles. The maximum atomic E-state index is 13.7. The maximum Gasteiger partial charge on any atom is 0.130 e. The van der Waals surface area contributed by atoms with Crippen LogP contribution in [0.15, 0.2) is 60.7 Å². The summed E-state index contributed by atoms with van der Waals surface area (Å²) in [5.41, 5.74) is 4.50. The Morgan fingerprint density at radius 1 is 1.00 bits per heavy atom. The predicted octanol–water partition coefficient (Wildman–Crippen LogP) is 6.27. The number of halogens is 2. The van der Waals surface area contributed by atoms with E-state index >= 15 is 0 Å². The molecular weight excluding hydrogens is 370 g/mol. The molecule has 1 aromatic heterocycles. The van der Waals surface area contributed by atoms with Gasteiger partial charge in [0.25, 0.3) is 0 Å². The summed E-state index contributed by atoms with van der Waals surface area (Å²) in [6.45, 7) is 4.16. The van der Waals surface area contributed by atoms with Crippen LogP contribution in [-0.4, -0.2) is 9.97 Å². The second kappa shape index (κ2) is 8.03. The maximum absolute atomic E-state index is 13.7. The van der Waals surface area contributed by atoms with E-state index in [-0.39, 0.29) is 18.1 Å². The van der Waals surface area contributed by atoms with Crippen molar-refractivity contribution in [2.24, 2.45) is 0 Å². The van der Waals surface area contributed by atoms with Gasteiger partial charge in [-0.1, -0.05) is 25.1 Å². The van der Waals surface area contributed by atoms with Crippen LogP contribution in [0.5, 0.6) is 5.75 Å². The van der Waals surface area contributed by atoms with Gasteiger partial charge in [-0.15, -0.1) is 0 Å². The van der Waals surface area contributed by atoms with Gasteiger partial charge in [0.1, 0.15) is 29.8 Å². The van der Waals surface area contributed by atoms with Crippen LogP contribution in [-0.2, 0) is 6.61 Å². The molecule has 0 spiro atoms. The summed E-state index contributed by atoms with van der Waals surface area (Å²) < 4.78 is 32.6. The van der Waals surface area contributed by atoms with Crippen LogP contribution >= 0.6 is 0 Å². The van der Waals surface area contributed by atoms with Crippen LogP contribution in [0.3, 0.4) is 0 Å². The zero-order chi connectivity index (χ0) is 20.4. The summed E-state index contributed by atoms with van der Waals surface area (Å²) in [6.07, 6.45) is 0.896. The molecule has 0 aliphatic rings. The fraction of sp³-hybridized carbons (Fsp3) is 0.208. The molecule has 0 aliphatic heterocycles. The minimum Gasteiger partial charge on any atom is -0.489 e. The number of ether oxygens (including phenoxy) is 1. The average molecular weight is 392 g/mol. The number of H-pyrrole nitrogens is 1. The van der Waals surface area contributed by atoms with Gasteiger partial charge in [-0.05, 0) is 66.9 Å². The smallest absolute Gasteiger partial charge is 0.130 e. The highest BCUT2D eigenvalue weighted by Gasteiger charge is 2.16. The lowest BCUT2D eigenvalue weighted by Crippen LogP contribution is -2.03. The molecule has 1 heterocycles. The highest BCUT2D eigenvalue weighted by atomic mass is 19.1. The average Bonchev–Trinajstić information content (AvgIpc) is 3.13. The van der Waals surface area contributed by atoms with E-state index in [0.717, 1.165) is 47.0 Å². The highest BCUT2D eigenvalue weighted by Crippen LogP contribution is 2.29. The molecule has 4 aromatic rings. The van der Waals surface area contributed by atoms with Crippen LogP contribution in [0.1, 0.15) is 41.8 Å². The van der Waals surface area contributed by atoms with Crippen molar-refractivity contribution in [2.45, 2.75) is 32.8 Å². The van der Waals surface area contributed by atoms with E-state index in [1.807, 2.05) is 30.3 Å². The van der Waals surface area contributed by atoms with E-state index in [9.17, 15) is 8.78 Å². The van der Waals surface area contributed by atoms with Crippen molar-refractivity contribution in [3.63, 3.8) is 0 Å². The molecule has 0 radical (unpaired) electrons. The van der Waals surface area contributed by atoms with Crippen LogP contribution in [0.25, 0.3) is 11.0 Å². The second-order valence-corrected chi connectivity index (χ2v) is 7.20. The normalized spacial score (nSPS) is 12.3. The third kappa shape index (κ3) is 4.14. The third-order valence-corrected chi connectivity index (χ3v) is 5.08. The summed E-state index contributed by atoms with van der Waals surface area (Å²) in [4.78, 5) is 8.19. The Balaban J connectivity index is 1.51. The van der Waals surface area contributed by atoms with E-state index in [0.29, 0.717) is 5.75 Å². The number of nitrogens with one attached hydrogen (secondary N) is 1. The van der Waals surface area contributed by atoms with Gasteiger partial charge in [0.05, 0.1) is 11.0 Å². The number of benzene rings is 3. The van der Waals surface area contributed by atoms with Crippen molar-refractivity contribution in [1.82, 2.24) is 9.97 Å². The first-order valence-corrected chi connectivity index (χ1v) is 9.66. The van der Waals surface area contributed by atoms with Gasteiger partial charge in [0.2, 0.25) is 0 Å². The number of aromatic amines is 1. The molecule has 0 aliphatic carbocycles. The SMILES string of the molecule is CCC(c1ccc(OCc2cc(F)ccc2F)cc1)c1nc2ccc(C)cc2[nH]1. The number of fused-ring (bicyclic) bond motifs is 1. The Morgan fingerprint density at radius 2 is 1.79 bits per heavy atom. The van der Waals surface area contributed by atoms with Gasteiger partial charge in [0, 0.05) is 11.5 Å². The number of rotatable bonds is 6. The van der Waals surface area contributed by atoms with Crippen molar-refractivity contribution in [1.29, 1.82) is 0 Å². The summed E-state index contributed by atoms with van der Waals surface area (Å²) >= 11 is 0. The van der Waals surface area contributed by atoms with Crippen LogP contribution in [0.4, 0.5) is 8.78 Å². The van der Waals surface area contributed by atoms with Gasteiger partial charge >= 0.3 is 0 Å². The quantitative estimate of drug-likeness (QED) is 0.420. The van der Waals surface area contributed by atoms with Gasteiger partial charge in [-0.25, -0.2) is 13.8 Å². The topological polar surface area (TPSA) is 37.9 Å². The Morgan fingerprint density at radius 3 is 2.55 bits per heavy atom. The number of aryl methyl sites for hydroxylation is 1. The Hall–Kier alpha value is -3.21. The summed E-state index contributed by atoms with van der Waals surface area (Å²) in [5.74, 6) is 0.717. The fourth-order valence-electron chi connectivity index (χ4n) is 3.51. The lowest BCUT2D eigenvalue weighted by molar-refractivity contribution is 0.299. The molecule has 0 fully saturated rings. The van der Waals surface area contributed by atoms with E-state index in [2.05, 4.69) is 31.0 Å². The van der Waals surface area contributed by atoms with E-state index in [1.165, 1.54) is 5.56 Å². The Labute approximate surface area is 168 Å². The molecule has 3 nitrogen and oxygen atoms in total. The number of hydrogen-bond donors (Lipinski definition) is 1. The van der Waals surface area contributed by atoms with Crippen molar-refractivity contribution in [3.05, 3.63) is 94.8 Å². The summed E-state index contributed by atoms with van der Waals surface area (Å²) in [5, 5.41) is 0. The molecule has 1 unspecified atom stereocenters. The Bertz CT molecular complexity index is 1140. The van der Waals surface area contributed by atoms with Gasteiger partial charge in [-0.3, -0.25) is 0 Å². The van der Waals surface area contributed by atoms with Crippen molar-refractivity contribution in [2.75, 3.05) is 0 Å². The molecule has 5 heteroatoms. The molecular formula is C24H22F2N2O. The first kappa shape index (κ1) is 19.1. The summed E-state index contributed by atoms with van der Waals surface area (Å²) in [7, 11) is 0. The number of imidazole rings is 1. The van der Waals surface area contributed by atoms with Crippen molar-refractivity contribution >= 4 is 11.0 Å². The largest absolute Gasteiger partial charge is 0.489 e. The molecule has 1 atom stereocenters. The molecule has 0 amide bonds. The van der Waals surface area contributed by atoms with E-state index in [4.69, 9.17) is 9.72 Å². The van der Waals surface area contributed by atoms with Gasteiger partial charge in [-0.2, -0.15) is 0 Å². The number of hydrogen-bond acceptors (Lipinski definition) is 2. The monoisotopic (exact) mass is 392 g/mol. The van der Waals surface area contributed by atoms with Crippen molar-refractivity contribution < 1.29 is 13.5 Å². The predicted molar refractivity (Wildman–Crippen MR) is 110 cm³/mol. The molecule has 148 valence electrons. The lowest BCUT2D eigenvalue weighted by Gasteiger charge is -2.14. The molecule has 0 saturated carbocycles. The molecule has 4 rings (SSSR count). The van der Waals surface area contributed by atoms with Gasteiger partial charge in [0.15, 0.2) is 0 Å². The zero-order valence-corrected chi connectivity index (χ0v) is 16.4. The minimum atomic E-state index is -0.479. The standard InChI is InChI=1S/C24H22F2N2O/c1-3-20(24-27-22-11-4-15(2)12-23(22)28-24)16-5-8-19(9-6-16)29-14-17-13-18(25)7-10-21(17)26/h4-13,20H,3,14H2,1-2H3,(H,27,28). The highest BCUT2D eigenvalue weighted by molar-refractivity contribution is 5.76.